The predicted octanol–water partition coefficient (Wildman–Crippen LogP) is 10.3. The molecule has 1 unspecified atom stereocenters. The van der Waals surface area contributed by atoms with Crippen molar-refractivity contribution in [2.45, 2.75) is 93.7 Å². The van der Waals surface area contributed by atoms with E-state index in [0.29, 0.717) is 11.7 Å². The van der Waals surface area contributed by atoms with Crippen LogP contribution in [-0.4, -0.2) is 15.8 Å². The molecule has 0 fully saturated rings. The number of amidine groups is 1. The van der Waals surface area contributed by atoms with Gasteiger partial charge in [-0.3, -0.25) is 4.98 Å². The molecule has 2 aromatic heterocycles. The van der Waals surface area contributed by atoms with Gasteiger partial charge in [-0.25, -0.2) is 9.98 Å². The van der Waals surface area contributed by atoms with Crippen molar-refractivity contribution >= 4 is 41.3 Å². The second-order valence-corrected chi connectivity index (χ2v) is 11.2. The van der Waals surface area contributed by atoms with Crippen molar-refractivity contribution in [1.29, 1.82) is 0 Å². The van der Waals surface area contributed by atoms with Gasteiger partial charge in [0.15, 0.2) is 5.82 Å². The largest absolute Gasteiger partial charge is 0.348 e. The summed E-state index contributed by atoms with van der Waals surface area (Å²) in [6.07, 6.45) is 12.3. The first-order valence-corrected chi connectivity index (χ1v) is 15.0. The topological polar surface area (TPSA) is 50.2 Å². The number of rotatable bonds is 9. The number of pyridine rings is 2. The lowest BCUT2D eigenvalue weighted by molar-refractivity contribution is 0.712. The van der Waals surface area contributed by atoms with E-state index in [2.05, 4.69) is 86.5 Å². The molecule has 1 N–H and O–H groups in total. The van der Waals surface area contributed by atoms with Gasteiger partial charge in [-0.2, -0.15) is 0 Å². The molecule has 0 aliphatic heterocycles. The summed E-state index contributed by atoms with van der Waals surface area (Å²) >= 11 is 3.42. The molecule has 6 heteroatoms. The molecule has 1 atom stereocenters. The summed E-state index contributed by atoms with van der Waals surface area (Å²) in [6, 6.07) is 14.7. The van der Waals surface area contributed by atoms with E-state index >= 15 is 0 Å². The molecule has 0 bridgehead atoms. The third-order valence-electron chi connectivity index (χ3n) is 5.50. The average molecular weight is 547 g/mol. The SMILES string of the molecule is C/C=C\c1nccc(Sc2cnc(/N=C(\C)N/C(C)=C\C)c(Sc3ccccc3)c2)c1C(C)CC.CCC. The van der Waals surface area contributed by atoms with E-state index in [1.165, 1.54) is 16.9 Å². The zero-order chi connectivity index (χ0) is 27.9. The minimum absolute atomic E-state index is 0.413. The Hall–Kier alpha value is -2.83. The number of benzene rings is 1. The summed E-state index contributed by atoms with van der Waals surface area (Å²) in [6.45, 7) is 16.8. The Balaban J connectivity index is 0.00000161. The van der Waals surface area contributed by atoms with Crippen LogP contribution in [0.3, 0.4) is 0 Å². The highest BCUT2D eigenvalue weighted by molar-refractivity contribution is 8.00. The molecule has 38 heavy (non-hydrogen) atoms. The van der Waals surface area contributed by atoms with Gasteiger partial charge < -0.3 is 5.32 Å². The zero-order valence-corrected chi connectivity index (χ0v) is 25.7. The molecule has 3 rings (SSSR count). The number of nitrogens with zero attached hydrogens (tertiary/aromatic N) is 3. The van der Waals surface area contributed by atoms with Gasteiger partial charge in [0.05, 0.1) is 10.6 Å². The number of hydrogen-bond donors (Lipinski definition) is 1. The van der Waals surface area contributed by atoms with Crippen molar-refractivity contribution in [2.75, 3.05) is 0 Å². The zero-order valence-electron chi connectivity index (χ0n) is 24.1. The van der Waals surface area contributed by atoms with Gasteiger partial charge in [-0.15, -0.1) is 0 Å². The molecular formula is C32H42N4S2. The van der Waals surface area contributed by atoms with Crippen molar-refractivity contribution in [1.82, 2.24) is 15.3 Å². The summed E-state index contributed by atoms with van der Waals surface area (Å²) < 4.78 is 0. The summed E-state index contributed by atoms with van der Waals surface area (Å²) in [7, 11) is 0. The molecular weight excluding hydrogens is 505 g/mol. The molecule has 0 amide bonds. The molecule has 0 aliphatic rings. The van der Waals surface area contributed by atoms with Gasteiger partial charge >= 0.3 is 0 Å². The maximum Gasteiger partial charge on any atom is 0.167 e. The fourth-order valence-electron chi connectivity index (χ4n) is 3.47. The fraction of sp³-hybridized carbons (Fsp3) is 0.344. The van der Waals surface area contributed by atoms with Crippen LogP contribution in [0.1, 0.15) is 85.4 Å². The summed E-state index contributed by atoms with van der Waals surface area (Å²) in [5.41, 5.74) is 3.39. The fourth-order valence-corrected chi connectivity index (χ4v) is 5.55. The first kappa shape index (κ1) is 31.4. The van der Waals surface area contributed by atoms with Gasteiger partial charge in [-0.1, -0.05) is 88.0 Å². The number of aromatic nitrogens is 2. The van der Waals surface area contributed by atoms with Crippen LogP contribution in [0.25, 0.3) is 6.08 Å². The van der Waals surface area contributed by atoms with Crippen molar-refractivity contribution in [3.05, 3.63) is 84.0 Å². The Morgan fingerprint density at radius 1 is 0.974 bits per heavy atom. The first-order chi connectivity index (χ1) is 18.4. The Bertz CT molecular complexity index is 1230. The van der Waals surface area contributed by atoms with E-state index in [1.54, 1.807) is 23.5 Å². The maximum atomic E-state index is 4.79. The van der Waals surface area contributed by atoms with E-state index in [9.17, 15) is 0 Å². The van der Waals surface area contributed by atoms with E-state index in [-0.39, 0.29) is 0 Å². The minimum Gasteiger partial charge on any atom is -0.348 e. The van der Waals surface area contributed by atoms with Crippen LogP contribution in [0.2, 0.25) is 0 Å². The lowest BCUT2D eigenvalue weighted by atomic mass is 9.97. The van der Waals surface area contributed by atoms with Crippen molar-refractivity contribution in [2.24, 2.45) is 4.99 Å². The van der Waals surface area contributed by atoms with Crippen molar-refractivity contribution < 1.29 is 0 Å². The van der Waals surface area contributed by atoms with Crippen LogP contribution < -0.4 is 5.32 Å². The van der Waals surface area contributed by atoms with Gasteiger partial charge in [0.25, 0.3) is 0 Å². The Labute approximate surface area is 238 Å². The van der Waals surface area contributed by atoms with Gasteiger partial charge in [0.1, 0.15) is 5.84 Å². The molecule has 2 heterocycles. The summed E-state index contributed by atoms with van der Waals surface area (Å²) in [5, 5.41) is 3.31. The monoisotopic (exact) mass is 546 g/mol. The Kier molecular flexibility index (Phi) is 14.0. The molecule has 202 valence electrons. The number of aliphatic imine (C=N–C) groups is 1. The quantitative estimate of drug-likeness (QED) is 0.214. The Morgan fingerprint density at radius 3 is 2.29 bits per heavy atom. The molecule has 0 spiro atoms. The normalized spacial score (nSPS) is 12.7. The van der Waals surface area contributed by atoms with Gasteiger partial charge in [0.2, 0.25) is 0 Å². The molecule has 3 aromatic rings. The first-order valence-electron chi connectivity index (χ1n) is 13.3. The highest BCUT2D eigenvalue weighted by Crippen LogP contribution is 2.40. The van der Waals surface area contributed by atoms with E-state index in [0.717, 1.165) is 38.3 Å². The molecule has 0 saturated carbocycles. The van der Waals surface area contributed by atoms with Crippen LogP contribution in [0, 0.1) is 0 Å². The van der Waals surface area contributed by atoms with Gasteiger partial charge in [0, 0.05) is 32.8 Å². The van der Waals surface area contributed by atoms with Crippen LogP contribution in [0.5, 0.6) is 0 Å². The van der Waals surface area contributed by atoms with Crippen LogP contribution >= 0.6 is 23.5 Å². The predicted molar refractivity (Wildman–Crippen MR) is 168 cm³/mol. The number of allylic oxidation sites excluding steroid dienone is 3. The summed E-state index contributed by atoms with van der Waals surface area (Å²) in [4.78, 5) is 18.7. The Morgan fingerprint density at radius 2 is 1.66 bits per heavy atom. The molecule has 0 aliphatic carbocycles. The standard InChI is InChI=1S/C29H34N4S2.C3H8/c1-7-13-25-28(20(4)8-2)26(16-17-30-25)35-24-18-27(34-23-14-11-10-12-15-23)29(31-19-24)33-22(6)32-21(5)9-3;1-3-2/h7,9-20H,8H2,1-6H3,(H,31,32,33);3H2,1-2H3/b13-7-,21-9-;. The summed E-state index contributed by atoms with van der Waals surface area (Å²) in [5.74, 6) is 1.94. The highest BCUT2D eigenvalue weighted by Gasteiger charge is 2.16. The van der Waals surface area contributed by atoms with Crippen molar-refractivity contribution in [3.63, 3.8) is 0 Å². The third kappa shape index (κ3) is 9.80. The van der Waals surface area contributed by atoms with E-state index < -0.39 is 0 Å². The lowest BCUT2D eigenvalue weighted by Gasteiger charge is -2.17. The third-order valence-corrected chi connectivity index (χ3v) is 7.57. The van der Waals surface area contributed by atoms with E-state index in [1.807, 2.05) is 52.2 Å². The van der Waals surface area contributed by atoms with Crippen molar-refractivity contribution in [3.8, 4) is 0 Å². The van der Waals surface area contributed by atoms with Crippen LogP contribution in [0.4, 0.5) is 5.82 Å². The molecule has 1 aromatic carbocycles. The number of nitrogens with one attached hydrogen (secondary N) is 1. The number of hydrogen-bond acceptors (Lipinski definition) is 5. The highest BCUT2D eigenvalue weighted by atomic mass is 32.2. The minimum atomic E-state index is 0.413. The molecule has 4 nitrogen and oxygen atoms in total. The lowest BCUT2D eigenvalue weighted by Crippen LogP contribution is -2.17. The second kappa shape index (κ2) is 16.9. The van der Waals surface area contributed by atoms with Gasteiger partial charge in [-0.05, 0) is 75.9 Å². The smallest absolute Gasteiger partial charge is 0.167 e. The maximum absolute atomic E-state index is 4.79. The molecule has 0 radical (unpaired) electrons. The van der Waals surface area contributed by atoms with Crippen LogP contribution in [0.15, 0.2) is 97.3 Å². The van der Waals surface area contributed by atoms with Crippen LogP contribution in [-0.2, 0) is 0 Å². The molecule has 0 saturated heterocycles. The second-order valence-electron chi connectivity index (χ2n) is 8.93. The van der Waals surface area contributed by atoms with E-state index in [4.69, 9.17) is 9.98 Å². The average Bonchev–Trinajstić information content (AvgIpc) is 2.91.